The fourth-order valence-electron chi connectivity index (χ4n) is 3.95. The highest BCUT2D eigenvalue weighted by atomic mass is 16.4. The van der Waals surface area contributed by atoms with Gasteiger partial charge in [-0.25, -0.2) is 14.5 Å². The first kappa shape index (κ1) is 24.1. The van der Waals surface area contributed by atoms with Crippen molar-refractivity contribution in [3.05, 3.63) is 107 Å². The predicted octanol–water partition coefficient (Wildman–Crippen LogP) is 5.71. The van der Waals surface area contributed by atoms with Crippen LogP contribution in [0.3, 0.4) is 0 Å². The van der Waals surface area contributed by atoms with E-state index < -0.39 is 5.97 Å². The van der Waals surface area contributed by atoms with Crippen molar-refractivity contribution < 1.29 is 14.7 Å². The zero-order valence-corrected chi connectivity index (χ0v) is 20.0. The Hall–Kier alpha value is -4.06. The lowest BCUT2D eigenvalue weighted by Crippen LogP contribution is -2.09. The van der Waals surface area contributed by atoms with Crippen LogP contribution >= 0.6 is 0 Å². The minimum atomic E-state index is -0.948. The Morgan fingerprint density at radius 3 is 2.26 bits per heavy atom. The van der Waals surface area contributed by atoms with Crippen LogP contribution in [0.25, 0.3) is 11.1 Å². The van der Waals surface area contributed by atoms with E-state index in [2.05, 4.69) is 23.9 Å². The van der Waals surface area contributed by atoms with Gasteiger partial charge < -0.3 is 5.11 Å². The van der Waals surface area contributed by atoms with Crippen LogP contribution in [-0.2, 0) is 19.4 Å². The zero-order chi connectivity index (χ0) is 24.8. The predicted molar refractivity (Wildman–Crippen MR) is 136 cm³/mol. The third-order valence-corrected chi connectivity index (χ3v) is 5.91. The van der Waals surface area contributed by atoms with Crippen molar-refractivity contribution in [2.45, 2.75) is 39.7 Å². The molecule has 4 rings (SSSR count). The van der Waals surface area contributed by atoms with Gasteiger partial charge in [0.2, 0.25) is 11.6 Å². The number of carbonyl (C=O) groups excluding carboxylic acids is 1. The Morgan fingerprint density at radius 1 is 0.886 bits per heavy atom. The molecular weight excluding hydrogens is 438 g/mol. The smallest absolute Gasteiger partial charge is 0.336 e. The largest absolute Gasteiger partial charge is 0.478 e. The molecule has 0 aliphatic carbocycles. The first-order valence-corrected chi connectivity index (χ1v) is 11.8. The Morgan fingerprint density at radius 2 is 1.57 bits per heavy atom. The van der Waals surface area contributed by atoms with E-state index in [0.717, 1.165) is 28.9 Å². The molecule has 4 aromatic rings. The van der Waals surface area contributed by atoms with Gasteiger partial charge in [0.25, 0.3) is 0 Å². The molecule has 0 radical (unpaired) electrons. The van der Waals surface area contributed by atoms with Crippen molar-refractivity contribution in [3.8, 4) is 11.1 Å². The average molecular weight is 468 g/mol. The van der Waals surface area contributed by atoms with Crippen molar-refractivity contribution in [1.82, 2.24) is 14.8 Å². The van der Waals surface area contributed by atoms with Gasteiger partial charge in [-0.15, -0.1) is 5.10 Å². The molecule has 1 N–H and O–H groups in total. The Labute approximate surface area is 205 Å². The summed E-state index contributed by atoms with van der Waals surface area (Å²) >= 11 is 0. The molecule has 6 nitrogen and oxygen atoms in total. The Bertz CT molecular complexity index is 1310. The highest BCUT2D eigenvalue weighted by Crippen LogP contribution is 2.25. The molecule has 1 aromatic heterocycles. The van der Waals surface area contributed by atoms with Crippen LogP contribution in [-0.4, -0.2) is 31.6 Å². The number of aryl methyl sites for hydroxylation is 1. The number of aromatic carboxylic acids is 1. The van der Waals surface area contributed by atoms with E-state index in [4.69, 9.17) is 0 Å². The van der Waals surface area contributed by atoms with Crippen LogP contribution < -0.4 is 0 Å². The molecule has 178 valence electrons. The number of ketones is 1. The van der Waals surface area contributed by atoms with Crippen LogP contribution in [0.2, 0.25) is 0 Å². The number of carboxylic acids is 1. The summed E-state index contributed by atoms with van der Waals surface area (Å²) in [6.07, 6.45) is 1.74. The zero-order valence-electron chi connectivity index (χ0n) is 20.0. The molecular formula is C29H29N3O3. The summed E-state index contributed by atoms with van der Waals surface area (Å²) in [5.74, 6) is 0.460. The van der Waals surface area contributed by atoms with Gasteiger partial charge in [0.15, 0.2) is 0 Å². The van der Waals surface area contributed by atoms with E-state index >= 15 is 0 Å². The van der Waals surface area contributed by atoms with E-state index in [0.29, 0.717) is 24.4 Å². The fraction of sp³-hybridized carbons (Fsp3) is 0.241. The molecule has 1 heterocycles. The number of hydrogen-bond acceptors (Lipinski definition) is 4. The lowest BCUT2D eigenvalue weighted by Gasteiger charge is -2.09. The Kier molecular flexibility index (Phi) is 7.51. The van der Waals surface area contributed by atoms with Gasteiger partial charge in [-0.3, -0.25) is 4.79 Å². The van der Waals surface area contributed by atoms with Crippen LogP contribution in [0, 0.1) is 5.92 Å². The van der Waals surface area contributed by atoms with Crippen molar-refractivity contribution in [2.75, 3.05) is 0 Å². The number of rotatable bonds is 10. The summed E-state index contributed by atoms with van der Waals surface area (Å²) in [7, 11) is 0. The quantitative estimate of drug-likeness (QED) is 0.302. The lowest BCUT2D eigenvalue weighted by atomic mass is 9.98. The maximum Gasteiger partial charge on any atom is 0.336 e. The molecule has 0 spiro atoms. The third kappa shape index (κ3) is 6.09. The molecule has 0 aliphatic heterocycles. The normalized spacial score (nSPS) is 11.1. The van der Waals surface area contributed by atoms with Gasteiger partial charge in [-0.05, 0) is 40.7 Å². The molecule has 0 saturated heterocycles. The number of benzene rings is 3. The fourth-order valence-corrected chi connectivity index (χ4v) is 3.95. The molecule has 0 fully saturated rings. The monoisotopic (exact) mass is 467 g/mol. The minimum Gasteiger partial charge on any atom is -0.478 e. The van der Waals surface area contributed by atoms with Crippen molar-refractivity contribution in [1.29, 1.82) is 0 Å². The van der Waals surface area contributed by atoms with E-state index in [1.54, 1.807) is 12.1 Å². The van der Waals surface area contributed by atoms with Crippen molar-refractivity contribution in [2.24, 2.45) is 5.92 Å². The van der Waals surface area contributed by atoms with Gasteiger partial charge in [-0.1, -0.05) is 86.6 Å². The van der Waals surface area contributed by atoms with Gasteiger partial charge in [-0.2, -0.15) is 0 Å². The topological polar surface area (TPSA) is 85.1 Å². The molecule has 0 saturated carbocycles. The van der Waals surface area contributed by atoms with E-state index in [1.165, 1.54) is 0 Å². The van der Waals surface area contributed by atoms with Crippen LogP contribution in [0.4, 0.5) is 0 Å². The highest BCUT2D eigenvalue weighted by molar-refractivity contribution is 5.96. The minimum absolute atomic E-state index is 0.0960. The van der Waals surface area contributed by atoms with Crippen molar-refractivity contribution >= 4 is 11.8 Å². The lowest BCUT2D eigenvalue weighted by molar-refractivity contribution is 0.0697. The molecule has 0 atom stereocenters. The molecule has 0 bridgehead atoms. The summed E-state index contributed by atoms with van der Waals surface area (Å²) in [4.78, 5) is 29.1. The summed E-state index contributed by atoms with van der Waals surface area (Å²) in [5.41, 5.74) is 3.75. The Balaban J connectivity index is 1.56. The van der Waals surface area contributed by atoms with Gasteiger partial charge in [0.1, 0.15) is 5.82 Å². The van der Waals surface area contributed by atoms with Crippen LogP contribution in [0.5, 0.6) is 0 Å². The molecule has 0 amide bonds. The number of hydrogen-bond donors (Lipinski definition) is 1. The van der Waals surface area contributed by atoms with E-state index in [1.807, 2.05) is 71.4 Å². The van der Waals surface area contributed by atoms with E-state index in [9.17, 15) is 14.7 Å². The standard InChI is InChI=1S/C29H29N3O3/c1-20(2)16-17-32-27(30-28(31-32)26(33)18-21-8-4-3-5-9-21)19-22-12-14-23(15-13-22)24-10-6-7-11-25(24)29(34)35/h3-15,20H,16-19H2,1-2H3,(H,34,35). The van der Waals surface area contributed by atoms with Crippen LogP contribution in [0.1, 0.15) is 58.2 Å². The summed E-state index contributed by atoms with van der Waals surface area (Å²) in [6, 6.07) is 24.4. The van der Waals surface area contributed by atoms with Gasteiger partial charge in [0.05, 0.1) is 5.56 Å². The summed E-state index contributed by atoms with van der Waals surface area (Å²) in [5, 5.41) is 14.1. The van der Waals surface area contributed by atoms with Gasteiger partial charge in [0, 0.05) is 19.4 Å². The second-order valence-electron chi connectivity index (χ2n) is 9.07. The third-order valence-electron chi connectivity index (χ3n) is 5.91. The first-order chi connectivity index (χ1) is 16.9. The van der Waals surface area contributed by atoms with Crippen LogP contribution in [0.15, 0.2) is 78.9 Å². The second-order valence-corrected chi connectivity index (χ2v) is 9.07. The average Bonchev–Trinajstić information content (AvgIpc) is 3.26. The summed E-state index contributed by atoms with van der Waals surface area (Å²) < 4.78 is 1.85. The molecule has 6 heteroatoms. The molecule has 0 aliphatic rings. The SMILES string of the molecule is CC(C)CCn1nc(C(=O)Cc2ccccc2)nc1Cc1ccc(-c2ccccc2C(=O)O)cc1. The molecule has 3 aromatic carbocycles. The number of nitrogens with zero attached hydrogens (tertiary/aromatic N) is 3. The maximum atomic E-state index is 12.9. The highest BCUT2D eigenvalue weighted by Gasteiger charge is 2.18. The number of Topliss-reactive ketones (excluding diaryl/α,β-unsaturated/α-hetero) is 1. The maximum absolute atomic E-state index is 12.9. The van der Waals surface area contributed by atoms with Crippen molar-refractivity contribution in [3.63, 3.8) is 0 Å². The second kappa shape index (κ2) is 10.9. The first-order valence-electron chi connectivity index (χ1n) is 11.8. The van der Waals surface area contributed by atoms with Gasteiger partial charge >= 0.3 is 5.97 Å². The number of carbonyl (C=O) groups is 2. The summed E-state index contributed by atoms with van der Waals surface area (Å²) in [6.45, 7) is 5.01. The number of carboxylic acid groups (broad SMARTS) is 1. The number of aromatic nitrogens is 3. The molecule has 0 unspecified atom stereocenters. The van der Waals surface area contributed by atoms with E-state index in [-0.39, 0.29) is 23.6 Å². The molecule has 35 heavy (non-hydrogen) atoms.